The van der Waals surface area contributed by atoms with Crippen molar-refractivity contribution < 1.29 is 9.84 Å². The van der Waals surface area contributed by atoms with Gasteiger partial charge in [-0.1, -0.05) is 44.7 Å². The maximum atomic E-state index is 9.08. The number of halogens is 1. The van der Waals surface area contributed by atoms with E-state index in [1.807, 2.05) is 0 Å². The Kier molecular flexibility index (Phi) is 7.06. The largest absolute Gasteiger partial charge is 0.477 e. The van der Waals surface area contributed by atoms with Gasteiger partial charge in [0.05, 0.1) is 23.9 Å². The average molecular weight is 272 g/mol. The van der Waals surface area contributed by atoms with Crippen molar-refractivity contribution in [1.82, 2.24) is 4.98 Å². The fourth-order valence-electron chi connectivity index (χ4n) is 1.76. The average Bonchev–Trinajstić information content (AvgIpc) is 2.40. The molecule has 1 N–H and O–H groups in total. The highest BCUT2D eigenvalue weighted by Crippen LogP contribution is 2.19. The summed E-state index contributed by atoms with van der Waals surface area (Å²) in [6.45, 7) is 4.89. The van der Waals surface area contributed by atoms with E-state index >= 15 is 0 Å². The highest BCUT2D eigenvalue weighted by atomic mass is 35.5. The van der Waals surface area contributed by atoms with Crippen LogP contribution in [0.4, 0.5) is 0 Å². The van der Waals surface area contributed by atoms with Crippen LogP contribution in [0.25, 0.3) is 0 Å². The number of unbranched alkanes of at least 4 members (excludes halogenated alkanes) is 1. The molecule has 0 saturated carbocycles. The van der Waals surface area contributed by atoms with Gasteiger partial charge in [0.15, 0.2) is 0 Å². The van der Waals surface area contributed by atoms with Gasteiger partial charge in [-0.25, -0.2) is 4.98 Å². The van der Waals surface area contributed by atoms with E-state index in [1.54, 1.807) is 12.1 Å². The van der Waals surface area contributed by atoms with Gasteiger partial charge in [-0.2, -0.15) is 0 Å². The molecule has 1 aromatic heterocycles. The van der Waals surface area contributed by atoms with E-state index in [9.17, 15) is 0 Å². The SMILES string of the molecule is CCCCC(CC)COc1ccc(Cl)c(CO)n1. The topological polar surface area (TPSA) is 42.4 Å². The van der Waals surface area contributed by atoms with Crippen molar-refractivity contribution in [1.29, 1.82) is 0 Å². The second-order valence-corrected chi connectivity index (χ2v) is 4.87. The van der Waals surface area contributed by atoms with Gasteiger partial charge in [0.25, 0.3) is 0 Å². The van der Waals surface area contributed by atoms with Gasteiger partial charge >= 0.3 is 0 Å². The first-order chi connectivity index (χ1) is 8.71. The molecule has 0 aliphatic carbocycles. The molecule has 3 nitrogen and oxygen atoms in total. The summed E-state index contributed by atoms with van der Waals surface area (Å²) in [4.78, 5) is 4.17. The van der Waals surface area contributed by atoms with Gasteiger partial charge in [0, 0.05) is 6.07 Å². The first-order valence-corrected chi connectivity index (χ1v) is 6.98. The zero-order chi connectivity index (χ0) is 13.4. The third kappa shape index (κ3) is 4.83. The molecule has 0 aromatic carbocycles. The number of aliphatic hydroxyl groups excluding tert-OH is 1. The van der Waals surface area contributed by atoms with Crippen LogP contribution in [0.15, 0.2) is 12.1 Å². The normalized spacial score (nSPS) is 12.4. The van der Waals surface area contributed by atoms with Crippen LogP contribution in [-0.2, 0) is 6.61 Å². The molecule has 102 valence electrons. The number of rotatable bonds is 8. The van der Waals surface area contributed by atoms with Gasteiger partial charge in [-0.3, -0.25) is 0 Å². The Labute approximate surface area is 114 Å². The van der Waals surface area contributed by atoms with E-state index < -0.39 is 0 Å². The Bertz CT molecular complexity index is 358. The van der Waals surface area contributed by atoms with Crippen molar-refractivity contribution in [2.75, 3.05) is 6.61 Å². The van der Waals surface area contributed by atoms with E-state index in [-0.39, 0.29) is 6.61 Å². The molecular weight excluding hydrogens is 250 g/mol. The standard InChI is InChI=1S/C14H22ClNO2/c1-3-5-6-11(4-2)10-18-14-8-7-12(15)13(9-17)16-14/h7-8,11,17H,3-6,9-10H2,1-2H3. The van der Waals surface area contributed by atoms with Crippen LogP contribution < -0.4 is 4.74 Å². The lowest BCUT2D eigenvalue weighted by molar-refractivity contribution is 0.222. The summed E-state index contributed by atoms with van der Waals surface area (Å²) in [6.07, 6.45) is 4.75. The van der Waals surface area contributed by atoms with E-state index in [2.05, 4.69) is 18.8 Å². The lowest BCUT2D eigenvalue weighted by atomic mass is 10.0. The molecule has 1 aromatic rings. The second-order valence-electron chi connectivity index (χ2n) is 4.46. The predicted octanol–water partition coefficient (Wildman–Crippen LogP) is 3.82. The van der Waals surface area contributed by atoms with Gasteiger partial charge < -0.3 is 9.84 Å². The first-order valence-electron chi connectivity index (χ1n) is 6.60. The summed E-state index contributed by atoms with van der Waals surface area (Å²) >= 11 is 5.88. The fraction of sp³-hybridized carbons (Fsp3) is 0.643. The molecule has 1 rings (SSSR count). The Morgan fingerprint density at radius 1 is 1.39 bits per heavy atom. The van der Waals surface area contributed by atoms with Crippen LogP contribution in [0.5, 0.6) is 5.88 Å². The molecule has 0 saturated heterocycles. The molecule has 18 heavy (non-hydrogen) atoms. The molecule has 0 radical (unpaired) electrons. The smallest absolute Gasteiger partial charge is 0.213 e. The summed E-state index contributed by atoms with van der Waals surface area (Å²) in [5.74, 6) is 1.11. The minimum atomic E-state index is -0.164. The lowest BCUT2D eigenvalue weighted by Crippen LogP contribution is -2.12. The molecular formula is C14H22ClNO2. The second kappa shape index (κ2) is 8.33. The molecule has 1 atom stereocenters. The van der Waals surface area contributed by atoms with Gasteiger partial charge in [0.1, 0.15) is 0 Å². The van der Waals surface area contributed by atoms with Crippen LogP contribution in [0.1, 0.15) is 45.2 Å². The van der Waals surface area contributed by atoms with E-state index in [0.29, 0.717) is 29.1 Å². The molecule has 0 bridgehead atoms. The number of hydrogen-bond donors (Lipinski definition) is 1. The molecule has 4 heteroatoms. The van der Waals surface area contributed by atoms with Crippen molar-refractivity contribution in [3.8, 4) is 5.88 Å². The van der Waals surface area contributed by atoms with Crippen LogP contribution in [0.2, 0.25) is 5.02 Å². The number of nitrogens with zero attached hydrogens (tertiary/aromatic N) is 1. The number of aromatic nitrogens is 1. The Hall–Kier alpha value is -0.800. The van der Waals surface area contributed by atoms with Crippen molar-refractivity contribution >= 4 is 11.6 Å². The molecule has 0 amide bonds. The molecule has 1 heterocycles. The molecule has 0 fully saturated rings. The van der Waals surface area contributed by atoms with Crippen molar-refractivity contribution in [2.24, 2.45) is 5.92 Å². The van der Waals surface area contributed by atoms with Crippen LogP contribution >= 0.6 is 11.6 Å². The van der Waals surface area contributed by atoms with Crippen LogP contribution in [0.3, 0.4) is 0 Å². The third-order valence-electron chi connectivity index (χ3n) is 3.05. The number of ether oxygens (including phenoxy) is 1. The predicted molar refractivity (Wildman–Crippen MR) is 74.0 cm³/mol. The summed E-state index contributed by atoms with van der Waals surface area (Å²) < 4.78 is 5.67. The molecule has 1 unspecified atom stereocenters. The zero-order valence-corrected chi connectivity index (χ0v) is 11.9. The summed E-state index contributed by atoms with van der Waals surface area (Å²) in [7, 11) is 0. The Morgan fingerprint density at radius 2 is 2.17 bits per heavy atom. The monoisotopic (exact) mass is 271 g/mol. The number of aliphatic hydroxyl groups is 1. The first kappa shape index (κ1) is 15.3. The molecule has 0 aliphatic rings. The quantitative estimate of drug-likeness (QED) is 0.781. The Morgan fingerprint density at radius 3 is 2.78 bits per heavy atom. The van der Waals surface area contributed by atoms with Crippen LogP contribution in [-0.4, -0.2) is 16.7 Å². The minimum Gasteiger partial charge on any atom is -0.477 e. The summed E-state index contributed by atoms with van der Waals surface area (Å²) in [6, 6.07) is 3.45. The Balaban J connectivity index is 2.51. The van der Waals surface area contributed by atoms with E-state index in [0.717, 1.165) is 6.42 Å². The van der Waals surface area contributed by atoms with Gasteiger partial charge in [0.2, 0.25) is 5.88 Å². The van der Waals surface area contributed by atoms with E-state index in [1.165, 1.54) is 19.3 Å². The third-order valence-corrected chi connectivity index (χ3v) is 3.40. The van der Waals surface area contributed by atoms with E-state index in [4.69, 9.17) is 21.4 Å². The zero-order valence-electron chi connectivity index (χ0n) is 11.2. The van der Waals surface area contributed by atoms with Gasteiger partial charge in [-0.15, -0.1) is 0 Å². The van der Waals surface area contributed by atoms with Gasteiger partial charge in [-0.05, 0) is 18.4 Å². The number of pyridine rings is 1. The fourth-order valence-corrected chi connectivity index (χ4v) is 1.92. The lowest BCUT2D eigenvalue weighted by Gasteiger charge is -2.15. The van der Waals surface area contributed by atoms with Crippen molar-refractivity contribution in [3.05, 3.63) is 22.8 Å². The summed E-state index contributed by atoms with van der Waals surface area (Å²) in [5, 5.41) is 9.55. The van der Waals surface area contributed by atoms with Crippen molar-refractivity contribution in [2.45, 2.75) is 46.1 Å². The number of hydrogen-bond acceptors (Lipinski definition) is 3. The van der Waals surface area contributed by atoms with Crippen LogP contribution in [0, 0.1) is 5.92 Å². The highest BCUT2D eigenvalue weighted by Gasteiger charge is 2.09. The highest BCUT2D eigenvalue weighted by molar-refractivity contribution is 6.31. The maximum Gasteiger partial charge on any atom is 0.213 e. The summed E-state index contributed by atoms with van der Waals surface area (Å²) in [5.41, 5.74) is 0.468. The maximum absolute atomic E-state index is 9.08. The van der Waals surface area contributed by atoms with Crippen molar-refractivity contribution in [3.63, 3.8) is 0 Å². The molecule has 0 aliphatic heterocycles. The minimum absolute atomic E-state index is 0.164. The molecule has 0 spiro atoms.